The monoisotopic (exact) mass is 224 g/mol. The van der Waals surface area contributed by atoms with E-state index in [2.05, 4.69) is 41.5 Å². The van der Waals surface area contributed by atoms with Crippen LogP contribution in [-0.2, 0) is 6.42 Å². The fourth-order valence-corrected chi connectivity index (χ4v) is 2.52. The Morgan fingerprint density at radius 2 is 2.18 bits per heavy atom. The van der Waals surface area contributed by atoms with E-state index in [1.807, 2.05) is 18.5 Å². The second kappa shape index (κ2) is 4.21. The van der Waals surface area contributed by atoms with Crippen molar-refractivity contribution < 1.29 is 0 Å². The van der Waals surface area contributed by atoms with Gasteiger partial charge in [-0.3, -0.25) is 4.98 Å². The standard InChI is InChI=1S/C15H16N2/c1-11-4-2-5-12-7-8-14(17-15(11)12)13-6-3-9-16-10-13/h2-6,9-10,14,17H,7-8H2,1H3. The molecule has 3 rings (SSSR count). The molecule has 1 aliphatic heterocycles. The molecule has 1 atom stereocenters. The van der Waals surface area contributed by atoms with Crippen LogP contribution in [0.4, 0.5) is 5.69 Å². The van der Waals surface area contributed by atoms with Crippen LogP contribution in [-0.4, -0.2) is 4.98 Å². The third-order valence-corrected chi connectivity index (χ3v) is 3.47. The lowest BCUT2D eigenvalue weighted by Crippen LogP contribution is -2.18. The molecule has 0 amide bonds. The molecule has 86 valence electrons. The maximum atomic E-state index is 4.20. The number of nitrogens with zero attached hydrogens (tertiary/aromatic N) is 1. The van der Waals surface area contributed by atoms with E-state index in [1.54, 1.807) is 0 Å². The molecule has 0 aliphatic carbocycles. The average molecular weight is 224 g/mol. The minimum atomic E-state index is 0.400. The summed E-state index contributed by atoms with van der Waals surface area (Å²) in [6, 6.07) is 11.1. The molecule has 0 fully saturated rings. The summed E-state index contributed by atoms with van der Waals surface area (Å²) in [7, 11) is 0. The number of hydrogen-bond donors (Lipinski definition) is 1. The Bertz CT molecular complexity index is 520. The summed E-state index contributed by atoms with van der Waals surface area (Å²) in [6.07, 6.45) is 6.07. The van der Waals surface area contributed by atoms with Crippen LogP contribution in [0.3, 0.4) is 0 Å². The van der Waals surface area contributed by atoms with Gasteiger partial charge < -0.3 is 5.32 Å². The summed E-state index contributed by atoms with van der Waals surface area (Å²) < 4.78 is 0. The zero-order chi connectivity index (χ0) is 11.7. The van der Waals surface area contributed by atoms with E-state index < -0.39 is 0 Å². The van der Waals surface area contributed by atoms with Gasteiger partial charge in [0.1, 0.15) is 0 Å². The first-order valence-corrected chi connectivity index (χ1v) is 6.09. The van der Waals surface area contributed by atoms with E-state index in [0.29, 0.717) is 6.04 Å². The number of fused-ring (bicyclic) bond motifs is 1. The highest BCUT2D eigenvalue weighted by Crippen LogP contribution is 2.34. The van der Waals surface area contributed by atoms with Gasteiger partial charge >= 0.3 is 0 Å². The molecule has 2 heterocycles. The van der Waals surface area contributed by atoms with Crippen LogP contribution in [0, 0.1) is 6.92 Å². The van der Waals surface area contributed by atoms with Gasteiger partial charge in [0.15, 0.2) is 0 Å². The quantitative estimate of drug-likeness (QED) is 0.802. The minimum absolute atomic E-state index is 0.400. The molecular weight excluding hydrogens is 208 g/mol. The molecule has 0 spiro atoms. The van der Waals surface area contributed by atoms with E-state index >= 15 is 0 Å². The number of benzene rings is 1. The number of pyridine rings is 1. The van der Waals surface area contributed by atoms with E-state index in [9.17, 15) is 0 Å². The fourth-order valence-electron chi connectivity index (χ4n) is 2.52. The number of aryl methyl sites for hydroxylation is 2. The van der Waals surface area contributed by atoms with Crippen molar-refractivity contribution in [2.24, 2.45) is 0 Å². The number of rotatable bonds is 1. The molecule has 1 unspecified atom stereocenters. The molecule has 0 bridgehead atoms. The number of nitrogens with one attached hydrogen (secondary N) is 1. The van der Waals surface area contributed by atoms with E-state index in [-0.39, 0.29) is 0 Å². The van der Waals surface area contributed by atoms with Crippen molar-refractivity contribution in [1.82, 2.24) is 4.98 Å². The maximum absolute atomic E-state index is 4.20. The Morgan fingerprint density at radius 1 is 1.24 bits per heavy atom. The predicted octanol–water partition coefficient (Wildman–Crippen LogP) is 3.49. The Labute approximate surface area is 102 Å². The molecule has 1 aromatic carbocycles. The summed E-state index contributed by atoms with van der Waals surface area (Å²) in [4.78, 5) is 4.20. The van der Waals surface area contributed by atoms with Gasteiger partial charge in [-0.05, 0) is 42.5 Å². The normalized spacial score (nSPS) is 18.3. The molecule has 1 N–H and O–H groups in total. The van der Waals surface area contributed by atoms with Crippen molar-refractivity contribution in [1.29, 1.82) is 0 Å². The Balaban J connectivity index is 1.93. The van der Waals surface area contributed by atoms with E-state index in [0.717, 1.165) is 12.8 Å². The second-order valence-electron chi connectivity index (χ2n) is 4.63. The average Bonchev–Trinajstić information content (AvgIpc) is 2.40. The molecule has 1 aliphatic rings. The molecule has 2 heteroatoms. The van der Waals surface area contributed by atoms with Crippen molar-refractivity contribution in [3.8, 4) is 0 Å². The smallest absolute Gasteiger partial charge is 0.0532 e. The van der Waals surface area contributed by atoms with Crippen LogP contribution in [0.1, 0.15) is 29.2 Å². The Hall–Kier alpha value is -1.83. The van der Waals surface area contributed by atoms with Gasteiger partial charge in [-0.1, -0.05) is 24.3 Å². The highest BCUT2D eigenvalue weighted by Gasteiger charge is 2.19. The number of anilines is 1. The van der Waals surface area contributed by atoms with Crippen LogP contribution in [0.15, 0.2) is 42.7 Å². The van der Waals surface area contributed by atoms with Crippen molar-refractivity contribution >= 4 is 5.69 Å². The fraction of sp³-hybridized carbons (Fsp3) is 0.267. The summed E-state index contributed by atoms with van der Waals surface area (Å²) >= 11 is 0. The summed E-state index contributed by atoms with van der Waals surface area (Å²) in [5, 5.41) is 3.64. The zero-order valence-corrected chi connectivity index (χ0v) is 9.98. The second-order valence-corrected chi connectivity index (χ2v) is 4.63. The van der Waals surface area contributed by atoms with Crippen LogP contribution >= 0.6 is 0 Å². The van der Waals surface area contributed by atoms with Gasteiger partial charge in [0.25, 0.3) is 0 Å². The Kier molecular flexibility index (Phi) is 2.56. The van der Waals surface area contributed by atoms with Crippen molar-refractivity contribution in [2.75, 3.05) is 5.32 Å². The minimum Gasteiger partial charge on any atom is -0.378 e. The van der Waals surface area contributed by atoms with Gasteiger partial charge in [-0.25, -0.2) is 0 Å². The molecule has 1 aromatic heterocycles. The van der Waals surface area contributed by atoms with Crippen LogP contribution in [0.2, 0.25) is 0 Å². The first-order valence-electron chi connectivity index (χ1n) is 6.09. The highest BCUT2D eigenvalue weighted by molar-refractivity contribution is 5.60. The molecule has 0 saturated heterocycles. The SMILES string of the molecule is Cc1cccc2c1NC(c1cccnc1)CC2. The molecule has 2 aromatic rings. The van der Waals surface area contributed by atoms with Gasteiger partial charge in [-0.2, -0.15) is 0 Å². The van der Waals surface area contributed by atoms with Crippen LogP contribution < -0.4 is 5.32 Å². The first-order chi connectivity index (χ1) is 8.34. The molecule has 0 saturated carbocycles. The van der Waals surface area contributed by atoms with Gasteiger partial charge in [0, 0.05) is 18.1 Å². The third-order valence-electron chi connectivity index (χ3n) is 3.47. The number of hydrogen-bond acceptors (Lipinski definition) is 2. The first kappa shape index (κ1) is 10.3. The van der Waals surface area contributed by atoms with Crippen molar-refractivity contribution in [3.05, 3.63) is 59.4 Å². The third kappa shape index (κ3) is 1.91. The maximum Gasteiger partial charge on any atom is 0.0532 e. The van der Waals surface area contributed by atoms with E-state index in [4.69, 9.17) is 0 Å². The lowest BCUT2D eigenvalue weighted by Gasteiger charge is -2.28. The molecule has 2 nitrogen and oxygen atoms in total. The van der Waals surface area contributed by atoms with E-state index in [1.165, 1.54) is 22.4 Å². The van der Waals surface area contributed by atoms with Crippen LogP contribution in [0.5, 0.6) is 0 Å². The number of para-hydroxylation sites is 1. The summed E-state index contributed by atoms with van der Waals surface area (Å²) in [6.45, 7) is 2.16. The largest absolute Gasteiger partial charge is 0.378 e. The lowest BCUT2D eigenvalue weighted by molar-refractivity contribution is 0.664. The highest BCUT2D eigenvalue weighted by atomic mass is 14.9. The lowest BCUT2D eigenvalue weighted by atomic mass is 9.92. The van der Waals surface area contributed by atoms with Gasteiger partial charge in [0.05, 0.1) is 6.04 Å². The van der Waals surface area contributed by atoms with Crippen molar-refractivity contribution in [3.63, 3.8) is 0 Å². The summed E-state index contributed by atoms with van der Waals surface area (Å²) in [5.74, 6) is 0. The molecular formula is C15H16N2. The zero-order valence-electron chi connectivity index (χ0n) is 9.98. The molecule has 0 radical (unpaired) electrons. The topological polar surface area (TPSA) is 24.9 Å². The number of aromatic nitrogens is 1. The van der Waals surface area contributed by atoms with Gasteiger partial charge in [-0.15, -0.1) is 0 Å². The van der Waals surface area contributed by atoms with Crippen molar-refractivity contribution in [2.45, 2.75) is 25.8 Å². The predicted molar refractivity (Wildman–Crippen MR) is 70.1 cm³/mol. The Morgan fingerprint density at radius 3 is 3.00 bits per heavy atom. The van der Waals surface area contributed by atoms with Crippen LogP contribution in [0.25, 0.3) is 0 Å². The molecule has 17 heavy (non-hydrogen) atoms. The summed E-state index contributed by atoms with van der Waals surface area (Å²) in [5.41, 5.74) is 5.36. The van der Waals surface area contributed by atoms with Gasteiger partial charge in [0.2, 0.25) is 0 Å².